The third-order valence-electron chi connectivity index (χ3n) is 2.92. The minimum absolute atomic E-state index is 0.0293. The van der Waals surface area contributed by atoms with Crippen molar-refractivity contribution in [2.75, 3.05) is 13.1 Å². The number of hydrogen-bond donors (Lipinski definition) is 0. The van der Waals surface area contributed by atoms with Gasteiger partial charge in [0.1, 0.15) is 5.69 Å². The molecule has 4 heteroatoms. The van der Waals surface area contributed by atoms with Crippen molar-refractivity contribution in [3.63, 3.8) is 0 Å². The Hall–Kier alpha value is -1.09. The predicted molar refractivity (Wildman–Crippen MR) is 63.8 cm³/mol. The molecule has 1 amide bonds. The third kappa shape index (κ3) is 2.35. The van der Waals surface area contributed by atoms with E-state index in [9.17, 15) is 4.79 Å². The number of carbonyl (C=O) groups excluding carboxylic acids is 1. The number of rotatable bonds is 1. The van der Waals surface area contributed by atoms with Gasteiger partial charge in [0.15, 0.2) is 0 Å². The van der Waals surface area contributed by atoms with Crippen LogP contribution in [0.15, 0.2) is 18.3 Å². The number of aromatic nitrogens is 1. The quantitative estimate of drug-likeness (QED) is 0.703. The second-order valence-electron chi connectivity index (χ2n) is 4.14. The molecule has 0 aromatic carbocycles. The average Bonchev–Trinajstić information content (AvgIpc) is 2.30. The summed E-state index contributed by atoms with van der Waals surface area (Å²) in [5.41, 5.74) is 1.50. The summed E-state index contributed by atoms with van der Waals surface area (Å²) in [5, 5.41) is 0.217. The van der Waals surface area contributed by atoms with E-state index in [1.165, 1.54) is 0 Å². The van der Waals surface area contributed by atoms with Gasteiger partial charge in [-0.05, 0) is 31.4 Å². The number of piperidine rings is 1. The summed E-state index contributed by atoms with van der Waals surface area (Å²) in [5.74, 6) is 0.0293. The maximum Gasteiger partial charge on any atom is 0.272 e. The first-order valence-corrected chi connectivity index (χ1v) is 5.97. The first kappa shape index (κ1) is 11.4. The number of aryl methyl sites for hydroxylation is 1. The van der Waals surface area contributed by atoms with Crippen molar-refractivity contribution in [1.29, 1.82) is 0 Å². The topological polar surface area (TPSA) is 33.2 Å². The number of carbonyl (C=O) groups is 1. The lowest BCUT2D eigenvalue weighted by atomic mass is 10.1. The van der Waals surface area contributed by atoms with E-state index in [0.29, 0.717) is 5.69 Å². The van der Waals surface area contributed by atoms with Gasteiger partial charge in [-0.1, -0.05) is 6.07 Å². The molecule has 0 aliphatic carbocycles. The fourth-order valence-corrected chi connectivity index (χ4v) is 2.11. The third-order valence-corrected chi connectivity index (χ3v) is 3.36. The summed E-state index contributed by atoms with van der Waals surface area (Å²) in [7, 11) is 0. The van der Waals surface area contributed by atoms with Crippen LogP contribution in [-0.2, 0) is 0 Å². The molecule has 1 aliphatic rings. The lowest BCUT2D eigenvalue weighted by Crippen LogP contribution is -2.39. The second kappa shape index (κ2) is 4.83. The number of likely N-dealkylation sites (tertiary alicyclic amines) is 1. The van der Waals surface area contributed by atoms with E-state index in [-0.39, 0.29) is 11.3 Å². The molecule has 1 aromatic rings. The van der Waals surface area contributed by atoms with Crippen LogP contribution in [0.25, 0.3) is 0 Å². The average molecular weight is 239 g/mol. The van der Waals surface area contributed by atoms with Crippen LogP contribution >= 0.6 is 11.6 Å². The normalized spacial score (nSPS) is 17.5. The molecule has 86 valence electrons. The van der Waals surface area contributed by atoms with Crippen LogP contribution in [0, 0.1) is 6.92 Å². The molecule has 3 nitrogen and oxygen atoms in total. The minimum atomic E-state index is 0.0293. The van der Waals surface area contributed by atoms with E-state index < -0.39 is 0 Å². The molecule has 0 saturated carbocycles. The number of nitrogens with zero attached hydrogens (tertiary/aromatic N) is 2. The minimum Gasteiger partial charge on any atom is -0.337 e. The van der Waals surface area contributed by atoms with Crippen LogP contribution in [-0.4, -0.2) is 34.3 Å². The Bertz CT molecular complexity index is 386. The largest absolute Gasteiger partial charge is 0.337 e. The summed E-state index contributed by atoms with van der Waals surface area (Å²) in [6, 6.07) is 3.76. The lowest BCUT2D eigenvalue weighted by Gasteiger charge is -2.29. The molecule has 1 fully saturated rings. The molecule has 0 radical (unpaired) electrons. The number of hydrogen-bond acceptors (Lipinski definition) is 2. The Morgan fingerprint density at radius 1 is 1.50 bits per heavy atom. The molecule has 0 bridgehead atoms. The lowest BCUT2D eigenvalue weighted by molar-refractivity contribution is 0.0719. The van der Waals surface area contributed by atoms with Crippen LogP contribution in [0.1, 0.15) is 28.9 Å². The molecular formula is C12H15ClN2O. The molecule has 16 heavy (non-hydrogen) atoms. The van der Waals surface area contributed by atoms with E-state index in [1.807, 2.05) is 24.0 Å². The Kier molecular flexibility index (Phi) is 3.44. The Labute approximate surface area is 100 Å². The van der Waals surface area contributed by atoms with Crippen LogP contribution < -0.4 is 0 Å². The first-order chi connectivity index (χ1) is 7.68. The van der Waals surface area contributed by atoms with E-state index in [4.69, 9.17) is 11.6 Å². The van der Waals surface area contributed by atoms with Crippen molar-refractivity contribution in [3.8, 4) is 0 Å². The van der Waals surface area contributed by atoms with Gasteiger partial charge in [0, 0.05) is 24.7 Å². The number of halogens is 1. The summed E-state index contributed by atoms with van der Waals surface area (Å²) in [4.78, 5) is 18.1. The highest BCUT2D eigenvalue weighted by molar-refractivity contribution is 6.20. The van der Waals surface area contributed by atoms with Gasteiger partial charge in [-0.2, -0.15) is 0 Å². The van der Waals surface area contributed by atoms with Gasteiger partial charge in [0.05, 0.1) is 0 Å². The van der Waals surface area contributed by atoms with Gasteiger partial charge in [-0.15, -0.1) is 11.6 Å². The molecule has 1 saturated heterocycles. The fourth-order valence-electron chi connectivity index (χ4n) is 1.91. The van der Waals surface area contributed by atoms with E-state index in [0.717, 1.165) is 31.5 Å². The Morgan fingerprint density at radius 2 is 2.19 bits per heavy atom. The highest BCUT2D eigenvalue weighted by Crippen LogP contribution is 2.18. The maximum absolute atomic E-state index is 12.1. The van der Waals surface area contributed by atoms with Crippen molar-refractivity contribution in [3.05, 3.63) is 29.6 Å². The van der Waals surface area contributed by atoms with Crippen LogP contribution in [0.5, 0.6) is 0 Å². The first-order valence-electron chi connectivity index (χ1n) is 5.53. The number of alkyl halides is 1. The van der Waals surface area contributed by atoms with Crippen molar-refractivity contribution >= 4 is 17.5 Å². The molecular weight excluding hydrogens is 224 g/mol. The Morgan fingerprint density at radius 3 is 2.81 bits per heavy atom. The summed E-state index contributed by atoms with van der Waals surface area (Å²) in [6.45, 7) is 3.39. The number of amides is 1. The van der Waals surface area contributed by atoms with Gasteiger partial charge >= 0.3 is 0 Å². The maximum atomic E-state index is 12.1. The second-order valence-corrected chi connectivity index (χ2v) is 4.75. The number of pyridine rings is 1. The highest BCUT2D eigenvalue weighted by atomic mass is 35.5. The molecule has 0 spiro atoms. The van der Waals surface area contributed by atoms with Gasteiger partial charge < -0.3 is 4.90 Å². The SMILES string of the molecule is Cc1cccnc1C(=O)N1CCC(Cl)CC1. The molecule has 0 atom stereocenters. The molecule has 2 rings (SSSR count). The van der Waals surface area contributed by atoms with Gasteiger partial charge in [0.25, 0.3) is 5.91 Å². The fraction of sp³-hybridized carbons (Fsp3) is 0.500. The summed E-state index contributed by atoms with van der Waals surface area (Å²) < 4.78 is 0. The zero-order chi connectivity index (χ0) is 11.5. The predicted octanol–water partition coefficient (Wildman–Crippen LogP) is 2.23. The van der Waals surface area contributed by atoms with Gasteiger partial charge in [-0.3, -0.25) is 9.78 Å². The summed E-state index contributed by atoms with van der Waals surface area (Å²) >= 11 is 6.01. The molecule has 0 unspecified atom stereocenters. The van der Waals surface area contributed by atoms with Crippen LogP contribution in [0.2, 0.25) is 0 Å². The standard InChI is InChI=1S/C12H15ClN2O/c1-9-3-2-6-14-11(9)12(16)15-7-4-10(13)5-8-15/h2-3,6,10H,4-5,7-8H2,1H3. The van der Waals surface area contributed by atoms with Gasteiger partial charge in [-0.25, -0.2) is 0 Å². The highest BCUT2D eigenvalue weighted by Gasteiger charge is 2.23. The van der Waals surface area contributed by atoms with Crippen molar-refractivity contribution in [2.24, 2.45) is 0 Å². The van der Waals surface area contributed by atoms with Crippen molar-refractivity contribution in [2.45, 2.75) is 25.1 Å². The van der Waals surface area contributed by atoms with Crippen molar-refractivity contribution < 1.29 is 4.79 Å². The van der Waals surface area contributed by atoms with Crippen LogP contribution in [0.3, 0.4) is 0 Å². The Balaban J connectivity index is 2.11. The summed E-state index contributed by atoms with van der Waals surface area (Å²) in [6.07, 6.45) is 3.41. The molecule has 2 heterocycles. The molecule has 1 aromatic heterocycles. The van der Waals surface area contributed by atoms with Gasteiger partial charge in [0.2, 0.25) is 0 Å². The monoisotopic (exact) mass is 238 g/mol. The molecule has 0 N–H and O–H groups in total. The van der Waals surface area contributed by atoms with Crippen LogP contribution in [0.4, 0.5) is 0 Å². The van der Waals surface area contributed by atoms with E-state index >= 15 is 0 Å². The van der Waals surface area contributed by atoms with E-state index in [1.54, 1.807) is 6.20 Å². The van der Waals surface area contributed by atoms with Crippen molar-refractivity contribution in [1.82, 2.24) is 9.88 Å². The van der Waals surface area contributed by atoms with E-state index in [2.05, 4.69) is 4.98 Å². The zero-order valence-electron chi connectivity index (χ0n) is 9.32. The smallest absolute Gasteiger partial charge is 0.272 e. The zero-order valence-corrected chi connectivity index (χ0v) is 10.1. The molecule has 1 aliphatic heterocycles.